The second-order valence-corrected chi connectivity index (χ2v) is 2.58. The molecule has 1 heteroatoms. The van der Waals surface area contributed by atoms with Crippen LogP contribution in [0.2, 0.25) is 0 Å². The Kier molecular flexibility index (Phi) is 2.77. The molecule has 0 aromatic heterocycles. The summed E-state index contributed by atoms with van der Waals surface area (Å²) < 4.78 is 0.983. The van der Waals surface area contributed by atoms with Gasteiger partial charge in [-0.1, -0.05) is 0 Å². The summed E-state index contributed by atoms with van der Waals surface area (Å²) in [4.78, 5) is 0. The summed E-state index contributed by atoms with van der Waals surface area (Å²) in [6.07, 6.45) is 4.27. The third kappa shape index (κ3) is 2.80. The normalized spacial score (nSPS) is 13.0. The summed E-state index contributed by atoms with van der Waals surface area (Å²) in [6, 6.07) is 0. The van der Waals surface area contributed by atoms with Crippen LogP contribution in [0.4, 0.5) is 0 Å². The molecule has 0 aliphatic heterocycles. The fourth-order valence-electron chi connectivity index (χ4n) is 0.509. The summed E-state index contributed by atoms with van der Waals surface area (Å²) in [5.41, 5.74) is 0. The molecular formula is C7H16N+. The van der Waals surface area contributed by atoms with Crippen molar-refractivity contribution in [2.45, 2.75) is 13.8 Å². The number of hydrogen-bond acceptors (Lipinski definition) is 0. The molecule has 0 aliphatic rings. The Bertz CT molecular complexity index is 82.4. The van der Waals surface area contributed by atoms with E-state index >= 15 is 0 Å². The van der Waals surface area contributed by atoms with Crippen molar-refractivity contribution in [3.63, 3.8) is 0 Å². The van der Waals surface area contributed by atoms with Crippen molar-refractivity contribution in [2.75, 3.05) is 20.6 Å². The molecule has 1 nitrogen and oxygen atoms in total. The maximum atomic E-state index is 2.18. The Labute approximate surface area is 52.2 Å². The van der Waals surface area contributed by atoms with E-state index in [-0.39, 0.29) is 0 Å². The van der Waals surface area contributed by atoms with Crippen molar-refractivity contribution >= 4 is 0 Å². The molecule has 0 saturated heterocycles. The third-order valence-electron chi connectivity index (χ3n) is 1.37. The monoisotopic (exact) mass is 114 g/mol. The molecule has 0 N–H and O–H groups in total. The van der Waals surface area contributed by atoms with E-state index in [0.717, 1.165) is 11.0 Å². The van der Waals surface area contributed by atoms with Crippen molar-refractivity contribution in [2.24, 2.45) is 0 Å². The molecule has 0 bridgehead atoms. The van der Waals surface area contributed by atoms with Gasteiger partial charge >= 0.3 is 0 Å². The molecule has 0 fully saturated rings. The van der Waals surface area contributed by atoms with Crippen LogP contribution in [0.3, 0.4) is 0 Å². The van der Waals surface area contributed by atoms with E-state index in [0.29, 0.717) is 0 Å². The van der Waals surface area contributed by atoms with Crippen molar-refractivity contribution in [1.29, 1.82) is 0 Å². The molecule has 0 unspecified atom stereocenters. The first-order chi connectivity index (χ1) is 3.62. The first kappa shape index (κ1) is 7.70. The van der Waals surface area contributed by atoms with Crippen molar-refractivity contribution in [3.8, 4) is 0 Å². The van der Waals surface area contributed by atoms with Gasteiger partial charge < -0.3 is 4.48 Å². The Morgan fingerprint density at radius 2 is 1.88 bits per heavy atom. The van der Waals surface area contributed by atoms with Crippen LogP contribution in [0, 0.1) is 0 Å². The van der Waals surface area contributed by atoms with Crippen molar-refractivity contribution in [1.82, 2.24) is 0 Å². The van der Waals surface area contributed by atoms with E-state index < -0.39 is 0 Å². The molecule has 0 aromatic carbocycles. The molecule has 0 spiro atoms. The van der Waals surface area contributed by atoms with Crippen molar-refractivity contribution < 1.29 is 4.48 Å². The number of hydrogen-bond donors (Lipinski definition) is 0. The van der Waals surface area contributed by atoms with Gasteiger partial charge in [0.25, 0.3) is 0 Å². The average molecular weight is 114 g/mol. The maximum Gasteiger partial charge on any atom is 0.0910 e. The Morgan fingerprint density at radius 1 is 1.38 bits per heavy atom. The lowest BCUT2D eigenvalue weighted by Crippen LogP contribution is -2.32. The number of rotatable bonds is 2. The second kappa shape index (κ2) is 2.88. The largest absolute Gasteiger partial charge is 0.303 e. The zero-order valence-corrected chi connectivity index (χ0v) is 6.31. The van der Waals surface area contributed by atoms with Crippen molar-refractivity contribution in [3.05, 3.63) is 12.3 Å². The molecule has 0 atom stereocenters. The van der Waals surface area contributed by atoms with Crippen LogP contribution >= 0.6 is 0 Å². The molecule has 0 heterocycles. The fourth-order valence-corrected chi connectivity index (χ4v) is 0.509. The quantitative estimate of drug-likeness (QED) is 0.478. The lowest BCUT2D eigenvalue weighted by Gasteiger charge is -2.21. The van der Waals surface area contributed by atoms with Crippen LogP contribution in [0.5, 0.6) is 0 Å². The van der Waals surface area contributed by atoms with Crippen LogP contribution in [0.15, 0.2) is 12.3 Å². The smallest absolute Gasteiger partial charge is 0.0910 e. The maximum absolute atomic E-state index is 2.18. The highest BCUT2D eigenvalue weighted by atomic mass is 15.3. The van der Waals surface area contributed by atoms with Gasteiger partial charge in [0, 0.05) is 0 Å². The average Bonchev–Trinajstić information content (AvgIpc) is 1.67. The third-order valence-corrected chi connectivity index (χ3v) is 1.37. The van der Waals surface area contributed by atoms with Crippen LogP contribution in [-0.2, 0) is 0 Å². The predicted molar refractivity (Wildman–Crippen MR) is 37.5 cm³/mol. The molecule has 0 aromatic rings. The van der Waals surface area contributed by atoms with Crippen LogP contribution in [0.25, 0.3) is 0 Å². The minimum Gasteiger partial charge on any atom is -0.303 e. The number of allylic oxidation sites excluding steroid dienone is 1. The van der Waals surface area contributed by atoms with E-state index in [4.69, 9.17) is 0 Å². The molecule has 48 valence electrons. The van der Waals surface area contributed by atoms with Crippen LogP contribution < -0.4 is 0 Å². The van der Waals surface area contributed by atoms with Gasteiger partial charge in [-0.15, -0.1) is 0 Å². The first-order valence-corrected chi connectivity index (χ1v) is 3.09. The highest BCUT2D eigenvalue weighted by molar-refractivity contribution is 4.65. The van der Waals surface area contributed by atoms with E-state index in [9.17, 15) is 0 Å². The van der Waals surface area contributed by atoms with Crippen LogP contribution in [0.1, 0.15) is 13.8 Å². The van der Waals surface area contributed by atoms with E-state index in [1.54, 1.807) is 0 Å². The molecule has 8 heavy (non-hydrogen) atoms. The van der Waals surface area contributed by atoms with Crippen LogP contribution in [-0.4, -0.2) is 25.1 Å². The molecule has 0 radical (unpaired) electrons. The minimum absolute atomic E-state index is 0.983. The van der Waals surface area contributed by atoms with E-state index in [1.165, 1.54) is 0 Å². The Morgan fingerprint density at radius 3 is 2.00 bits per heavy atom. The summed E-state index contributed by atoms with van der Waals surface area (Å²) in [5.74, 6) is 0. The predicted octanol–water partition coefficient (Wildman–Crippen LogP) is 1.62. The first-order valence-electron chi connectivity index (χ1n) is 3.09. The molecule has 0 amide bonds. The fraction of sp³-hybridized carbons (Fsp3) is 0.714. The SMILES string of the molecule is CC=C[N+](C)(C)CC. The lowest BCUT2D eigenvalue weighted by molar-refractivity contribution is -0.836. The summed E-state index contributed by atoms with van der Waals surface area (Å²) in [6.45, 7) is 5.39. The van der Waals surface area contributed by atoms with Gasteiger partial charge in [-0.3, -0.25) is 0 Å². The van der Waals surface area contributed by atoms with Gasteiger partial charge in [0.05, 0.1) is 26.8 Å². The van der Waals surface area contributed by atoms with E-state index in [2.05, 4.69) is 40.2 Å². The van der Waals surface area contributed by atoms with Gasteiger partial charge in [-0.05, 0) is 19.9 Å². The summed E-state index contributed by atoms with van der Waals surface area (Å²) in [7, 11) is 4.36. The van der Waals surface area contributed by atoms with Gasteiger partial charge in [-0.2, -0.15) is 0 Å². The topological polar surface area (TPSA) is 0 Å². The number of nitrogens with zero attached hydrogens (tertiary/aromatic N) is 1. The highest BCUT2D eigenvalue weighted by Gasteiger charge is 2.03. The molecular weight excluding hydrogens is 98.1 g/mol. The Balaban J connectivity index is 3.71. The van der Waals surface area contributed by atoms with Gasteiger partial charge in [0.1, 0.15) is 0 Å². The van der Waals surface area contributed by atoms with Gasteiger partial charge in [0.2, 0.25) is 0 Å². The summed E-state index contributed by atoms with van der Waals surface area (Å²) in [5, 5.41) is 0. The highest BCUT2D eigenvalue weighted by Crippen LogP contribution is 1.95. The zero-order valence-electron chi connectivity index (χ0n) is 6.31. The van der Waals surface area contributed by atoms with E-state index in [1.807, 2.05) is 0 Å². The molecule has 0 aliphatic carbocycles. The standard InChI is InChI=1S/C7H16N/c1-5-7-8(3,4)6-2/h5,7H,6H2,1-4H3/q+1. The second-order valence-electron chi connectivity index (χ2n) is 2.58. The summed E-state index contributed by atoms with van der Waals surface area (Å²) >= 11 is 0. The zero-order chi connectivity index (χ0) is 6.62. The minimum atomic E-state index is 0.983. The Hall–Kier alpha value is -0.300. The number of quaternary nitrogens is 1. The van der Waals surface area contributed by atoms with Gasteiger partial charge in [0.15, 0.2) is 0 Å². The molecule has 0 rings (SSSR count). The molecule has 0 saturated carbocycles. The lowest BCUT2D eigenvalue weighted by atomic mass is 10.5. The van der Waals surface area contributed by atoms with Gasteiger partial charge in [-0.25, -0.2) is 0 Å².